The Kier molecular flexibility index (Phi) is 12.1. The van der Waals surface area contributed by atoms with Crippen LogP contribution in [0.15, 0.2) is 246 Å². The van der Waals surface area contributed by atoms with Crippen molar-refractivity contribution in [3.05, 3.63) is 259 Å². The molecule has 0 bridgehead atoms. The quantitative estimate of drug-likeness (QED) is 0.0907. The van der Waals surface area contributed by atoms with Crippen LogP contribution >= 0.6 is 0 Å². The van der Waals surface area contributed by atoms with Gasteiger partial charge in [-0.3, -0.25) is 4.79 Å². The number of rotatable bonds is 7. The van der Waals surface area contributed by atoms with Gasteiger partial charge in [-0.15, -0.1) is 17.7 Å². The third-order valence-corrected chi connectivity index (χ3v) is 11.1. The second kappa shape index (κ2) is 18.6. The first kappa shape index (κ1) is 40.8. The van der Waals surface area contributed by atoms with Crippen LogP contribution in [0.2, 0.25) is 0 Å². The number of hydrogen-bond donors (Lipinski definition) is 0. The first-order valence-electron chi connectivity index (χ1n) is 20.7. The molecule has 6 heteroatoms. The van der Waals surface area contributed by atoms with Crippen molar-refractivity contribution in [3.8, 4) is 44.5 Å². The summed E-state index contributed by atoms with van der Waals surface area (Å²) >= 11 is 0. The Balaban J connectivity index is 0.000000265. The number of aromatic nitrogens is 1. The first-order chi connectivity index (χ1) is 30.7. The van der Waals surface area contributed by atoms with E-state index in [4.69, 9.17) is 5.10 Å². The van der Waals surface area contributed by atoms with Gasteiger partial charge in [0.1, 0.15) is 5.84 Å². The van der Waals surface area contributed by atoms with Crippen molar-refractivity contribution < 1.29 is 22.4 Å². The van der Waals surface area contributed by atoms with Gasteiger partial charge in [0.25, 0.3) is 0 Å². The summed E-state index contributed by atoms with van der Waals surface area (Å²) in [6.07, 6.45) is 0. The topological polar surface area (TPSA) is 50.0 Å². The molecule has 0 unspecified atom stereocenters. The van der Waals surface area contributed by atoms with Gasteiger partial charge in [0.15, 0.2) is 5.43 Å². The number of amidine groups is 1. The van der Waals surface area contributed by atoms with E-state index in [2.05, 4.69) is 204 Å². The van der Waals surface area contributed by atoms with Crippen molar-refractivity contribution in [2.45, 2.75) is 0 Å². The molecule has 1 radical (unpaired) electrons. The number of fused-ring (bicyclic) bond motifs is 2. The Morgan fingerprint density at radius 3 is 1.25 bits per heavy atom. The van der Waals surface area contributed by atoms with Crippen LogP contribution in [0.4, 0.5) is 11.4 Å². The number of pyridine rings is 1. The number of benzene rings is 9. The largest absolute Gasteiger partial charge is 0.657 e. The monoisotopic (exact) mass is 993 g/mol. The fraction of sp³-hybridized carbons (Fsp3) is 0. The zero-order valence-electron chi connectivity index (χ0n) is 34.1. The molecule has 9 aromatic carbocycles. The molecule has 0 fully saturated rings. The SMILES string of the molecule is O=c1c2ccccc2[n-]c2ccccc12.[Au].c1ccc(C2=NN(c3c(-c4ccccc4)cccc3-c3ccccc3)[CH-]N2c2cc(-c3ccccc3)cc(-c3ccccc3)c2)cc1. The maximum atomic E-state index is 12.0. The summed E-state index contributed by atoms with van der Waals surface area (Å²) < 4.78 is 0. The van der Waals surface area contributed by atoms with E-state index in [1.54, 1.807) is 0 Å². The molecule has 0 saturated carbocycles. The van der Waals surface area contributed by atoms with Crippen molar-refractivity contribution in [1.82, 2.24) is 4.98 Å². The van der Waals surface area contributed by atoms with Gasteiger partial charge in [-0.25, -0.2) is 0 Å². The van der Waals surface area contributed by atoms with Gasteiger partial charge in [-0.1, -0.05) is 218 Å². The van der Waals surface area contributed by atoms with E-state index in [1.807, 2.05) is 54.6 Å². The molecular weight excluding hydrogens is 954 g/mol. The third-order valence-electron chi connectivity index (χ3n) is 11.1. The fourth-order valence-corrected chi connectivity index (χ4v) is 8.06. The van der Waals surface area contributed by atoms with Crippen molar-refractivity contribution >= 4 is 39.0 Å². The van der Waals surface area contributed by atoms with Crippen LogP contribution in [0.5, 0.6) is 0 Å². The number of para-hydroxylation sites is 3. The Morgan fingerprint density at radius 2 is 0.794 bits per heavy atom. The maximum Gasteiger partial charge on any atom is 0.190 e. The Morgan fingerprint density at radius 1 is 0.397 bits per heavy atom. The van der Waals surface area contributed by atoms with Gasteiger partial charge in [-0.2, -0.15) is 5.10 Å². The molecule has 1 aromatic heterocycles. The minimum atomic E-state index is 0. The van der Waals surface area contributed by atoms with E-state index in [-0.39, 0.29) is 27.8 Å². The minimum Gasteiger partial charge on any atom is -0.657 e. The Hall–Kier alpha value is -7.54. The van der Waals surface area contributed by atoms with Crippen molar-refractivity contribution in [3.63, 3.8) is 0 Å². The van der Waals surface area contributed by atoms with Crippen LogP contribution in [0.3, 0.4) is 0 Å². The molecule has 307 valence electrons. The molecule has 11 rings (SSSR count). The number of nitrogens with zero attached hydrogens (tertiary/aromatic N) is 4. The van der Waals surface area contributed by atoms with Gasteiger partial charge in [0.05, 0.1) is 0 Å². The molecule has 2 heterocycles. The molecule has 1 aliphatic heterocycles. The van der Waals surface area contributed by atoms with Crippen molar-refractivity contribution in [2.24, 2.45) is 5.10 Å². The molecular formula is C57H40AuN4O-2. The van der Waals surface area contributed by atoms with Gasteiger partial charge in [0, 0.05) is 61.2 Å². The van der Waals surface area contributed by atoms with Gasteiger partial charge in [0.2, 0.25) is 0 Å². The van der Waals surface area contributed by atoms with E-state index in [0.717, 1.165) is 67.2 Å². The predicted molar refractivity (Wildman–Crippen MR) is 258 cm³/mol. The molecule has 1 aliphatic rings. The molecule has 0 spiro atoms. The van der Waals surface area contributed by atoms with Crippen LogP contribution in [0, 0.1) is 6.67 Å². The average Bonchev–Trinajstić information content (AvgIpc) is 3.81. The second-order valence-electron chi connectivity index (χ2n) is 15.0. The summed E-state index contributed by atoms with van der Waals surface area (Å²) in [5.41, 5.74) is 13.8. The number of hydrazone groups is 1. The van der Waals surface area contributed by atoms with Crippen LogP contribution in [-0.4, -0.2) is 5.84 Å². The molecule has 0 atom stereocenters. The van der Waals surface area contributed by atoms with E-state index in [9.17, 15) is 4.79 Å². The smallest absolute Gasteiger partial charge is 0.190 e. The van der Waals surface area contributed by atoms with Crippen LogP contribution < -0.4 is 20.3 Å². The molecule has 10 aromatic rings. The molecule has 5 nitrogen and oxygen atoms in total. The van der Waals surface area contributed by atoms with Crippen LogP contribution in [-0.2, 0) is 22.4 Å². The summed E-state index contributed by atoms with van der Waals surface area (Å²) in [5.74, 6) is 0.858. The normalized spacial score (nSPS) is 12.0. The fourth-order valence-electron chi connectivity index (χ4n) is 8.06. The molecule has 0 N–H and O–H groups in total. The average molecular weight is 994 g/mol. The second-order valence-corrected chi connectivity index (χ2v) is 15.0. The summed E-state index contributed by atoms with van der Waals surface area (Å²) in [6, 6.07) is 81.0. The van der Waals surface area contributed by atoms with Gasteiger partial charge in [-0.05, 0) is 51.6 Å². The number of anilines is 2. The Bertz CT molecular complexity index is 3060. The summed E-state index contributed by atoms with van der Waals surface area (Å²) in [5, 5.41) is 8.83. The molecule has 0 saturated heterocycles. The van der Waals surface area contributed by atoms with Gasteiger partial charge < -0.3 is 14.9 Å². The zero-order chi connectivity index (χ0) is 41.7. The first-order valence-corrected chi connectivity index (χ1v) is 20.7. The molecule has 0 aliphatic carbocycles. The van der Waals surface area contributed by atoms with E-state index in [1.165, 1.54) is 11.1 Å². The zero-order valence-corrected chi connectivity index (χ0v) is 36.3. The molecule has 63 heavy (non-hydrogen) atoms. The van der Waals surface area contributed by atoms with E-state index < -0.39 is 0 Å². The molecule has 0 amide bonds. The number of hydrogen-bond acceptors (Lipinski definition) is 4. The van der Waals surface area contributed by atoms with Gasteiger partial charge >= 0.3 is 0 Å². The van der Waals surface area contributed by atoms with E-state index in [0.29, 0.717) is 10.8 Å². The van der Waals surface area contributed by atoms with Crippen molar-refractivity contribution in [2.75, 3.05) is 9.91 Å². The maximum absolute atomic E-state index is 12.0. The predicted octanol–water partition coefficient (Wildman–Crippen LogP) is 13.5. The third kappa shape index (κ3) is 8.54. The summed E-state index contributed by atoms with van der Waals surface area (Å²) in [7, 11) is 0. The van der Waals surface area contributed by atoms with Crippen molar-refractivity contribution in [1.29, 1.82) is 0 Å². The van der Waals surface area contributed by atoms with E-state index >= 15 is 0 Å². The van der Waals surface area contributed by atoms with Crippen LogP contribution in [0.1, 0.15) is 5.56 Å². The Labute approximate surface area is 382 Å². The summed E-state index contributed by atoms with van der Waals surface area (Å²) in [6.45, 7) is 2.13. The summed E-state index contributed by atoms with van der Waals surface area (Å²) in [4.78, 5) is 18.7. The van der Waals surface area contributed by atoms with Crippen LogP contribution in [0.25, 0.3) is 66.3 Å². The minimum absolute atomic E-state index is 0. The standard InChI is InChI=1S/C44H32N3.C13H9NO.Au/c1-6-17-33(18-7-1)38-29-39(34-19-8-2-9-20-34)31-40(30-38)46-32-47(45-44(46)37-25-14-5-15-26-37)43-41(35-21-10-3-11-22-35)27-16-28-42(43)36-23-12-4-13-24-36;15-13-9-5-1-3-7-11(9)14-12-8-4-2-6-10(12)13;/h1-32H;1-8H,(H,14,15);/q-1;;/p-1.